The fraction of sp³-hybridized carbons (Fsp3) is 0.824. The molecule has 19 heavy (non-hydrogen) atoms. The zero-order valence-corrected chi connectivity index (χ0v) is 13.0. The summed E-state index contributed by atoms with van der Waals surface area (Å²) < 4.78 is 4.60. The molecule has 0 aliphatic rings. The highest BCUT2D eigenvalue weighted by molar-refractivity contribution is 5.68. The van der Waals surface area contributed by atoms with Crippen LogP contribution in [0.5, 0.6) is 0 Å². The van der Waals surface area contributed by atoms with Gasteiger partial charge in [0, 0.05) is 6.42 Å². The van der Waals surface area contributed by atoms with Crippen LogP contribution in [0, 0.1) is 0 Å². The van der Waals surface area contributed by atoms with Crippen molar-refractivity contribution in [1.29, 1.82) is 0 Å². The molecule has 0 atom stereocenters. The van der Waals surface area contributed by atoms with Gasteiger partial charge in [0.1, 0.15) is 0 Å². The van der Waals surface area contributed by atoms with Crippen LogP contribution in [0.2, 0.25) is 0 Å². The Morgan fingerprint density at radius 3 is 1.95 bits per heavy atom. The van der Waals surface area contributed by atoms with E-state index in [4.69, 9.17) is 0 Å². The van der Waals surface area contributed by atoms with E-state index in [9.17, 15) is 4.79 Å². The van der Waals surface area contributed by atoms with Gasteiger partial charge in [-0.2, -0.15) is 0 Å². The van der Waals surface area contributed by atoms with Gasteiger partial charge in [-0.1, -0.05) is 57.6 Å². The number of hydrogen-bond donors (Lipinski definition) is 0. The summed E-state index contributed by atoms with van der Waals surface area (Å²) in [4.78, 5) is 10.9. The van der Waals surface area contributed by atoms with Crippen molar-refractivity contribution in [2.45, 2.75) is 84.0 Å². The summed E-state index contributed by atoms with van der Waals surface area (Å²) in [5.41, 5.74) is 0. The number of allylic oxidation sites excluding steroid dienone is 2. The van der Waals surface area contributed by atoms with Crippen LogP contribution in [0.25, 0.3) is 0 Å². The van der Waals surface area contributed by atoms with Crippen molar-refractivity contribution in [2.24, 2.45) is 0 Å². The first-order valence-electron chi connectivity index (χ1n) is 8.03. The summed E-state index contributed by atoms with van der Waals surface area (Å²) in [5, 5.41) is 0. The van der Waals surface area contributed by atoms with Gasteiger partial charge in [0.25, 0.3) is 0 Å². The maximum atomic E-state index is 10.9. The summed E-state index contributed by atoms with van der Waals surface area (Å²) in [7, 11) is 1.45. The second kappa shape index (κ2) is 15.3. The molecule has 0 aromatic carbocycles. The molecular formula is C17H32O2. The molecule has 0 unspecified atom stereocenters. The third kappa shape index (κ3) is 15.2. The zero-order chi connectivity index (χ0) is 14.2. The van der Waals surface area contributed by atoms with E-state index >= 15 is 0 Å². The van der Waals surface area contributed by atoms with Crippen LogP contribution in [0.4, 0.5) is 0 Å². The lowest BCUT2D eigenvalue weighted by atomic mass is 10.1. The summed E-state index contributed by atoms with van der Waals surface area (Å²) in [5.74, 6) is -0.0846. The molecule has 112 valence electrons. The summed E-state index contributed by atoms with van der Waals surface area (Å²) in [6, 6.07) is 0. The number of rotatable bonds is 13. The molecular weight excluding hydrogens is 236 g/mol. The minimum absolute atomic E-state index is 0.0846. The number of carbonyl (C=O) groups is 1. The van der Waals surface area contributed by atoms with E-state index in [1.807, 2.05) is 0 Å². The lowest BCUT2D eigenvalue weighted by molar-refractivity contribution is -0.140. The standard InChI is InChI=1S/C17H32O2/c1-3-4-5-6-7-8-9-10-11-12-13-14-15-16-17(18)19-2/h10-11H,3-9,12-16H2,1-2H3/b11-10-. The van der Waals surface area contributed by atoms with Gasteiger partial charge in [0.15, 0.2) is 0 Å². The number of carbonyl (C=O) groups excluding carboxylic acids is 1. The molecule has 0 aromatic rings. The molecule has 0 rings (SSSR count). The fourth-order valence-electron chi connectivity index (χ4n) is 2.09. The molecule has 2 heteroatoms. The highest BCUT2D eigenvalue weighted by Crippen LogP contribution is 2.08. The number of esters is 1. The molecule has 0 saturated carbocycles. The monoisotopic (exact) mass is 268 g/mol. The maximum absolute atomic E-state index is 10.9. The van der Waals surface area contributed by atoms with Gasteiger partial charge in [0.05, 0.1) is 7.11 Å². The van der Waals surface area contributed by atoms with Crippen molar-refractivity contribution >= 4 is 5.97 Å². The van der Waals surface area contributed by atoms with Crippen LogP contribution in [0.15, 0.2) is 12.2 Å². The van der Waals surface area contributed by atoms with Crippen LogP contribution in [-0.4, -0.2) is 13.1 Å². The third-order valence-corrected chi connectivity index (χ3v) is 3.37. The van der Waals surface area contributed by atoms with Crippen molar-refractivity contribution in [2.75, 3.05) is 7.11 Å². The van der Waals surface area contributed by atoms with Crippen LogP contribution < -0.4 is 0 Å². The predicted molar refractivity (Wildman–Crippen MR) is 82.2 cm³/mol. The Hall–Kier alpha value is -0.790. The van der Waals surface area contributed by atoms with Gasteiger partial charge >= 0.3 is 5.97 Å². The lowest BCUT2D eigenvalue weighted by Crippen LogP contribution is -1.98. The molecule has 0 aliphatic heterocycles. The molecule has 0 saturated heterocycles. The van der Waals surface area contributed by atoms with Crippen LogP contribution in [0.1, 0.15) is 84.0 Å². The molecule has 0 aliphatic carbocycles. The first-order valence-corrected chi connectivity index (χ1v) is 8.03. The van der Waals surface area contributed by atoms with E-state index in [0.29, 0.717) is 6.42 Å². The Bertz CT molecular complexity index is 221. The van der Waals surface area contributed by atoms with Gasteiger partial charge in [-0.25, -0.2) is 0 Å². The molecule has 0 heterocycles. The Labute approximate surface area is 119 Å². The highest BCUT2D eigenvalue weighted by atomic mass is 16.5. The normalized spacial score (nSPS) is 11.1. The van der Waals surface area contributed by atoms with Crippen molar-refractivity contribution in [3.63, 3.8) is 0 Å². The SMILES string of the molecule is CCCCCCCC/C=C\CCCCCC(=O)OC. The van der Waals surface area contributed by atoms with E-state index in [1.54, 1.807) is 0 Å². The lowest BCUT2D eigenvalue weighted by Gasteiger charge is -1.99. The van der Waals surface area contributed by atoms with E-state index in [0.717, 1.165) is 19.3 Å². The van der Waals surface area contributed by atoms with Crippen LogP contribution in [0.3, 0.4) is 0 Å². The summed E-state index contributed by atoms with van der Waals surface area (Å²) in [6.45, 7) is 2.26. The van der Waals surface area contributed by atoms with Gasteiger partial charge < -0.3 is 4.74 Å². The number of methoxy groups -OCH3 is 1. The molecule has 2 nitrogen and oxygen atoms in total. The smallest absolute Gasteiger partial charge is 0.305 e. The maximum Gasteiger partial charge on any atom is 0.305 e. The van der Waals surface area contributed by atoms with Crippen molar-refractivity contribution in [3.8, 4) is 0 Å². The van der Waals surface area contributed by atoms with Gasteiger partial charge in [0.2, 0.25) is 0 Å². The Morgan fingerprint density at radius 1 is 0.842 bits per heavy atom. The Balaban J connectivity index is 3.11. The number of ether oxygens (including phenoxy) is 1. The number of hydrogen-bond acceptors (Lipinski definition) is 2. The fourth-order valence-corrected chi connectivity index (χ4v) is 2.09. The molecule has 0 N–H and O–H groups in total. The third-order valence-electron chi connectivity index (χ3n) is 3.37. The van der Waals surface area contributed by atoms with Gasteiger partial charge in [-0.3, -0.25) is 4.79 Å². The topological polar surface area (TPSA) is 26.3 Å². The van der Waals surface area contributed by atoms with Gasteiger partial charge in [-0.05, 0) is 32.1 Å². The Kier molecular flexibility index (Phi) is 14.6. The molecule has 0 radical (unpaired) electrons. The molecule has 0 bridgehead atoms. The summed E-state index contributed by atoms with van der Waals surface area (Å²) in [6.07, 6.45) is 19.1. The molecule has 0 aromatic heterocycles. The van der Waals surface area contributed by atoms with Crippen molar-refractivity contribution < 1.29 is 9.53 Å². The summed E-state index contributed by atoms with van der Waals surface area (Å²) >= 11 is 0. The van der Waals surface area contributed by atoms with Crippen molar-refractivity contribution in [1.82, 2.24) is 0 Å². The molecule has 0 amide bonds. The first kappa shape index (κ1) is 18.2. The average molecular weight is 268 g/mol. The van der Waals surface area contributed by atoms with E-state index < -0.39 is 0 Å². The number of unbranched alkanes of at least 4 members (excludes halogenated alkanes) is 9. The second-order valence-corrected chi connectivity index (χ2v) is 5.20. The first-order chi connectivity index (χ1) is 9.31. The largest absolute Gasteiger partial charge is 0.469 e. The minimum atomic E-state index is -0.0846. The van der Waals surface area contributed by atoms with Gasteiger partial charge in [-0.15, -0.1) is 0 Å². The predicted octanol–water partition coefficient (Wildman–Crippen LogP) is 5.42. The van der Waals surface area contributed by atoms with E-state index in [2.05, 4.69) is 23.8 Å². The highest BCUT2D eigenvalue weighted by Gasteiger charge is 1.97. The quantitative estimate of drug-likeness (QED) is 0.253. The second-order valence-electron chi connectivity index (χ2n) is 5.20. The Morgan fingerprint density at radius 2 is 1.37 bits per heavy atom. The van der Waals surface area contributed by atoms with E-state index in [-0.39, 0.29) is 5.97 Å². The molecule has 0 spiro atoms. The van der Waals surface area contributed by atoms with Crippen LogP contribution >= 0.6 is 0 Å². The molecule has 0 fully saturated rings. The zero-order valence-electron chi connectivity index (χ0n) is 13.0. The average Bonchev–Trinajstić information content (AvgIpc) is 2.43. The van der Waals surface area contributed by atoms with Crippen molar-refractivity contribution in [3.05, 3.63) is 12.2 Å². The van der Waals surface area contributed by atoms with Crippen LogP contribution in [-0.2, 0) is 9.53 Å². The van der Waals surface area contributed by atoms with E-state index in [1.165, 1.54) is 58.5 Å². The minimum Gasteiger partial charge on any atom is -0.469 e.